The largest absolute Gasteiger partial charge is 4.00 e. The first-order valence-corrected chi connectivity index (χ1v) is 15.5. The minimum atomic E-state index is 0. The van der Waals surface area contributed by atoms with Crippen molar-refractivity contribution in [1.29, 1.82) is 0 Å². The van der Waals surface area contributed by atoms with Crippen LogP contribution in [0.1, 0.15) is 42.5 Å². The van der Waals surface area contributed by atoms with Gasteiger partial charge in [0.1, 0.15) is 0 Å². The Morgan fingerprint density at radius 2 is 0.854 bits per heavy atom. The van der Waals surface area contributed by atoms with Gasteiger partial charge in [0.25, 0.3) is 0 Å². The molecule has 6 rings (SSSR count). The number of allylic oxidation sites excluding steroid dienone is 6. The molecule has 0 aliphatic heterocycles. The van der Waals surface area contributed by atoms with Crippen LogP contribution in [0.25, 0.3) is 12.2 Å². The summed E-state index contributed by atoms with van der Waals surface area (Å²) < 4.78 is 0. The summed E-state index contributed by atoms with van der Waals surface area (Å²) in [6.07, 6.45) is 19.0. The van der Waals surface area contributed by atoms with Gasteiger partial charge in [-0.15, -0.1) is 17.2 Å². The molecule has 1 aliphatic rings. The van der Waals surface area contributed by atoms with E-state index in [9.17, 15) is 15.3 Å². The SMILES string of the molecule is CC1(C)[C-]=CC=CC1.Cc1ccc(C=CC=Cc2ccc(C)cc2)cc1.[O-]c1ccccc1.[O-]c1ccccc1.[O-]c1ccccc1.[Ti+4]. The number of para-hydroxylation sites is 3. The summed E-state index contributed by atoms with van der Waals surface area (Å²) in [5.41, 5.74) is 5.34. The third kappa shape index (κ3) is 21.1. The van der Waals surface area contributed by atoms with Crippen molar-refractivity contribution in [1.82, 2.24) is 0 Å². The molecule has 0 saturated heterocycles. The molecule has 0 bridgehead atoms. The van der Waals surface area contributed by atoms with Crippen LogP contribution in [0.2, 0.25) is 0 Å². The normalized spacial score (nSPS) is 12.0. The fraction of sp³-hybridized carbons (Fsp3) is 0.136. The van der Waals surface area contributed by atoms with E-state index in [4.69, 9.17) is 0 Å². The van der Waals surface area contributed by atoms with E-state index in [1.807, 2.05) is 30.4 Å². The molecule has 0 atom stereocenters. The van der Waals surface area contributed by atoms with Crippen molar-refractivity contribution in [3.63, 3.8) is 0 Å². The van der Waals surface area contributed by atoms with E-state index < -0.39 is 0 Å². The maximum atomic E-state index is 10.3. The number of benzene rings is 5. The Morgan fingerprint density at radius 1 is 0.521 bits per heavy atom. The van der Waals surface area contributed by atoms with Gasteiger partial charge >= 0.3 is 21.7 Å². The van der Waals surface area contributed by atoms with Crippen molar-refractivity contribution in [3.8, 4) is 17.2 Å². The van der Waals surface area contributed by atoms with E-state index in [-0.39, 0.29) is 44.4 Å². The average molecular weight is 669 g/mol. The Kier molecular flexibility index (Phi) is 20.9. The van der Waals surface area contributed by atoms with Crippen LogP contribution in [0.3, 0.4) is 0 Å². The zero-order chi connectivity index (χ0) is 34.2. The van der Waals surface area contributed by atoms with E-state index in [0.29, 0.717) is 0 Å². The van der Waals surface area contributed by atoms with E-state index >= 15 is 0 Å². The standard InChI is InChI=1S/C18H18.C8H11.3C6H6O.Ti/c1-15-7-11-17(12-8-15)5-3-4-6-18-13-9-16(2)10-14-18;1-8(2)6-4-3-5-7-8;3*7-6-4-2-1-3-5-6;/h3-14H,1-2H3;3-5H,6H2,1-2H3;3*1-5,7H;/q;-1;;;;+4/p-3. The molecule has 0 radical (unpaired) electrons. The van der Waals surface area contributed by atoms with Crippen LogP contribution in [0.4, 0.5) is 0 Å². The zero-order valence-corrected chi connectivity index (χ0v) is 29.8. The summed E-state index contributed by atoms with van der Waals surface area (Å²) in [5.74, 6) is 0.215. The van der Waals surface area contributed by atoms with Crippen LogP contribution in [-0.4, -0.2) is 0 Å². The molecule has 0 N–H and O–H groups in total. The quantitative estimate of drug-likeness (QED) is 0.109. The molecule has 1 aliphatic carbocycles. The monoisotopic (exact) mass is 668 g/mol. The second kappa shape index (κ2) is 24.4. The number of hydrogen-bond acceptors (Lipinski definition) is 3. The maximum absolute atomic E-state index is 10.3. The molecule has 3 nitrogen and oxygen atoms in total. The molecule has 0 spiro atoms. The van der Waals surface area contributed by atoms with Gasteiger partial charge < -0.3 is 15.3 Å². The average Bonchev–Trinajstić information content (AvgIpc) is 3.07. The first-order chi connectivity index (χ1) is 22.6. The Balaban J connectivity index is 0.000000323. The van der Waals surface area contributed by atoms with E-state index in [2.05, 4.69) is 113 Å². The second-order valence-corrected chi connectivity index (χ2v) is 11.3. The van der Waals surface area contributed by atoms with Crippen molar-refractivity contribution in [2.75, 3.05) is 0 Å². The minimum absolute atomic E-state index is 0. The van der Waals surface area contributed by atoms with Crippen LogP contribution < -0.4 is 15.3 Å². The van der Waals surface area contributed by atoms with Gasteiger partial charge in [0, 0.05) is 0 Å². The van der Waals surface area contributed by atoms with Gasteiger partial charge in [0.2, 0.25) is 0 Å². The van der Waals surface area contributed by atoms with Gasteiger partial charge in [0.05, 0.1) is 0 Å². The van der Waals surface area contributed by atoms with Crippen LogP contribution in [-0.2, 0) is 21.7 Å². The van der Waals surface area contributed by atoms with Crippen LogP contribution >= 0.6 is 0 Å². The Morgan fingerprint density at radius 3 is 1.06 bits per heavy atom. The number of aryl methyl sites for hydroxylation is 2. The molecule has 5 aromatic carbocycles. The molecular weight excluding hydrogens is 624 g/mol. The Bertz CT molecular complexity index is 1480. The van der Waals surface area contributed by atoms with E-state index in [0.717, 1.165) is 6.42 Å². The smallest absolute Gasteiger partial charge is 0.872 e. The van der Waals surface area contributed by atoms with Crippen molar-refractivity contribution >= 4 is 12.2 Å². The predicted octanol–water partition coefficient (Wildman–Crippen LogP) is 9.64. The summed E-state index contributed by atoms with van der Waals surface area (Å²) >= 11 is 0. The third-order valence-corrected chi connectivity index (χ3v) is 6.41. The summed E-state index contributed by atoms with van der Waals surface area (Å²) in [6.45, 7) is 8.58. The fourth-order valence-corrected chi connectivity index (χ4v) is 3.71. The topological polar surface area (TPSA) is 69.2 Å². The molecule has 0 amide bonds. The molecule has 0 aromatic heterocycles. The fourth-order valence-electron chi connectivity index (χ4n) is 3.71. The molecule has 0 heterocycles. The van der Waals surface area contributed by atoms with Gasteiger partial charge in [-0.1, -0.05) is 201 Å². The van der Waals surface area contributed by atoms with Gasteiger partial charge in [-0.3, -0.25) is 6.08 Å². The molecule has 242 valence electrons. The van der Waals surface area contributed by atoms with E-state index in [1.54, 1.807) is 36.4 Å². The van der Waals surface area contributed by atoms with Crippen LogP contribution in [0, 0.1) is 25.3 Å². The van der Waals surface area contributed by atoms with Gasteiger partial charge in [-0.25, -0.2) is 12.2 Å². The molecule has 0 fully saturated rings. The second-order valence-electron chi connectivity index (χ2n) is 11.3. The summed E-state index contributed by atoms with van der Waals surface area (Å²) in [5, 5.41) is 30.8. The van der Waals surface area contributed by atoms with Crippen molar-refractivity contribution < 1.29 is 37.0 Å². The zero-order valence-electron chi connectivity index (χ0n) is 28.3. The first-order valence-electron chi connectivity index (χ1n) is 15.5. The molecular formula is C44H44O3Ti. The van der Waals surface area contributed by atoms with Crippen molar-refractivity contribution in [2.24, 2.45) is 5.41 Å². The number of rotatable bonds is 3. The number of hydrogen-bond donors (Lipinski definition) is 0. The molecule has 5 aromatic rings. The predicted molar refractivity (Wildman–Crippen MR) is 193 cm³/mol. The molecule has 0 unspecified atom stereocenters. The van der Waals surface area contributed by atoms with Gasteiger partial charge in [0.15, 0.2) is 0 Å². The van der Waals surface area contributed by atoms with Crippen LogP contribution in [0.5, 0.6) is 17.2 Å². The van der Waals surface area contributed by atoms with Gasteiger partial charge in [-0.05, 0) is 25.0 Å². The van der Waals surface area contributed by atoms with Gasteiger partial charge in [-0.2, -0.15) is 6.08 Å². The Hall–Kier alpha value is -4.83. The Labute approximate surface area is 302 Å². The molecule has 4 heteroatoms. The maximum Gasteiger partial charge on any atom is 4.00 e. The summed E-state index contributed by atoms with van der Waals surface area (Å²) in [7, 11) is 0. The summed E-state index contributed by atoms with van der Waals surface area (Å²) in [4.78, 5) is 0. The third-order valence-electron chi connectivity index (χ3n) is 6.41. The minimum Gasteiger partial charge on any atom is -0.872 e. The van der Waals surface area contributed by atoms with Crippen LogP contribution in [0.15, 0.2) is 170 Å². The molecule has 0 saturated carbocycles. The van der Waals surface area contributed by atoms with Crippen molar-refractivity contribution in [2.45, 2.75) is 34.1 Å². The summed E-state index contributed by atoms with van der Waals surface area (Å²) in [6, 6.07) is 42.0. The molecule has 48 heavy (non-hydrogen) atoms. The van der Waals surface area contributed by atoms with Crippen molar-refractivity contribution in [3.05, 3.63) is 198 Å². The first kappa shape index (κ1) is 41.2. The van der Waals surface area contributed by atoms with E-state index in [1.165, 1.54) is 58.7 Å².